The van der Waals surface area contributed by atoms with Gasteiger partial charge in [-0.05, 0) is 31.2 Å². The van der Waals surface area contributed by atoms with Crippen LogP contribution in [0.5, 0.6) is 0 Å². The van der Waals surface area contributed by atoms with E-state index in [0.717, 1.165) is 12.1 Å². The third kappa shape index (κ3) is 2.75. The Balaban J connectivity index is 1.94. The summed E-state index contributed by atoms with van der Waals surface area (Å²) in [5.74, 6) is 0.779. The highest BCUT2D eigenvalue weighted by Crippen LogP contribution is 2.30. The van der Waals surface area contributed by atoms with Gasteiger partial charge in [0.05, 0.1) is 10.9 Å². The minimum Gasteiger partial charge on any atom is -0.377 e. The van der Waals surface area contributed by atoms with Crippen molar-refractivity contribution in [3.63, 3.8) is 0 Å². The standard InChI is InChI=1S/C14H17FN4O3S/c1-10-14-17-16-13(9-22-2)18(14)7-8-19(10)23(20,21)12-5-3-11(15)4-6-12/h3-6,10H,7-9H2,1-2H3. The quantitative estimate of drug-likeness (QED) is 0.839. The maximum absolute atomic E-state index is 13.0. The van der Waals surface area contributed by atoms with Crippen molar-refractivity contribution < 1.29 is 17.5 Å². The fourth-order valence-corrected chi connectivity index (χ4v) is 4.31. The van der Waals surface area contributed by atoms with Gasteiger partial charge < -0.3 is 9.30 Å². The first-order valence-corrected chi connectivity index (χ1v) is 8.57. The first-order chi connectivity index (χ1) is 10.9. The molecule has 1 aromatic heterocycles. The van der Waals surface area contributed by atoms with Crippen LogP contribution in [0.15, 0.2) is 29.2 Å². The predicted molar refractivity (Wildman–Crippen MR) is 79.4 cm³/mol. The van der Waals surface area contributed by atoms with Gasteiger partial charge in [0.1, 0.15) is 12.4 Å². The van der Waals surface area contributed by atoms with Crippen molar-refractivity contribution in [1.82, 2.24) is 19.1 Å². The Morgan fingerprint density at radius 2 is 1.96 bits per heavy atom. The Bertz CT molecular complexity index is 804. The second-order valence-corrected chi connectivity index (χ2v) is 7.20. The number of sulfonamides is 1. The van der Waals surface area contributed by atoms with Gasteiger partial charge in [-0.25, -0.2) is 12.8 Å². The minimum absolute atomic E-state index is 0.0656. The number of hydrogen-bond donors (Lipinski definition) is 0. The lowest BCUT2D eigenvalue weighted by Gasteiger charge is -2.32. The number of hydrogen-bond acceptors (Lipinski definition) is 5. The average molecular weight is 340 g/mol. The van der Waals surface area contributed by atoms with E-state index in [0.29, 0.717) is 31.3 Å². The monoisotopic (exact) mass is 340 g/mol. The third-order valence-corrected chi connectivity index (χ3v) is 5.88. The average Bonchev–Trinajstić information content (AvgIpc) is 2.92. The zero-order chi connectivity index (χ0) is 16.6. The van der Waals surface area contributed by atoms with Crippen molar-refractivity contribution in [3.05, 3.63) is 41.7 Å². The summed E-state index contributed by atoms with van der Waals surface area (Å²) < 4.78 is 46.9. The van der Waals surface area contributed by atoms with Crippen LogP contribution in [-0.2, 0) is 27.9 Å². The van der Waals surface area contributed by atoms with Gasteiger partial charge in [0.25, 0.3) is 0 Å². The van der Waals surface area contributed by atoms with Crippen LogP contribution in [0.1, 0.15) is 24.6 Å². The molecule has 1 atom stereocenters. The van der Waals surface area contributed by atoms with Crippen LogP contribution in [0, 0.1) is 5.82 Å². The summed E-state index contributed by atoms with van der Waals surface area (Å²) in [6, 6.07) is 4.36. The van der Waals surface area contributed by atoms with Crippen LogP contribution in [-0.4, -0.2) is 41.1 Å². The topological polar surface area (TPSA) is 77.3 Å². The summed E-state index contributed by atoms with van der Waals surface area (Å²) in [6.07, 6.45) is 0. The molecule has 1 unspecified atom stereocenters. The molecule has 0 amide bonds. The van der Waals surface area contributed by atoms with Crippen molar-refractivity contribution in [2.75, 3.05) is 13.7 Å². The number of methoxy groups -OCH3 is 1. The summed E-state index contributed by atoms with van der Waals surface area (Å²) in [6.45, 7) is 2.83. The number of halogens is 1. The van der Waals surface area contributed by atoms with E-state index >= 15 is 0 Å². The van der Waals surface area contributed by atoms with Crippen LogP contribution in [0.2, 0.25) is 0 Å². The molecule has 2 aromatic rings. The molecule has 3 rings (SSSR count). The van der Waals surface area contributed by atoms with Gasteiger partial charge in [0.15, 0.2) is 11.6 Å². The van der Waals surface area contributed by atoms with Crippen molar-refractivity contribution in [2.45, 2.75) is 31.0 Å². The number of aromatic nitrogens is 3. The smallest absolute Gasteiger partial charge is 0.243 e. The normalized spacial score (nSPS) is 18.8. The lowest BCUT2D eigenvalue weighted by molar-refractivity contribution is 0.170. The highest BCUT2D eigenvalue weighted by molar-refractivity contribution is 7.89. The zero-order valence-corrected chi connectivity index (χ0v) is 13.6. The third-order valence-electron chi connectivity index (χ3n) is 3.90. The summed E-state index contributed by atoms with van der Waals surface area (Å²) in [5, 5.41) is 8.15. The molecule has 0 saturated heterocycles. The van der Waals surface area contributed by atoms with Crippen molar-refractivity contribution in [2.24, 2.45) is 0 Å². The molecule has 2 heterocycles. The number of fused-ring (bicyclic) bond motifs is 1. The molecule has 0 bridgehead atoms. The molecule has 0 radical (unpaired) electrons. The minimum atomic E-state index is -3.72. The molecule has 0 saturated carbocycles. The summed E-state index contributed by atoms with van der Waals surface area (Å²) in [7, 11) is -2.15. The SMILES string of the molecule is COCc1nnc2n1CCN(S(=O)(=O)c1ccc(F)cc1)C2C. The molecular formula is C14H17FN4O3S. The van der Waals surface area contributed by atoms with Crippen molar-refractivity contribution in [1.29, 1.82) is 0 Å². The molecular weight excluding hydrogens is 323 g/mol. The summed E-state index contributed by atoms with van der Waals surface area (Å²) >= 11 is 0. The van der Waals surface area contributed by atoms with E-state index in [2.05, 4.69) is 10.2 Å². The highest BCUT2D eigenvalue weighted by atomic mass is 32.2. The molecule has 0 N–H and O–H groups in total. The lowest BCUT2D eigenvalue weighted by Crippen LogP contribution is -2.41. The van der Waals surface area contributed by atoms with Gasteiger partial charge in [-0.15, -0.1) is 10.2 Å². The first-order valence-electron chi connectivity index (χ1n) is 7.13. The molecule has 1 aromatic carbocycles. The Morgan fingerprint density at radius 3 is 2.61 bits per heavy atom. The van der Waals surface area contributed by atoms with E-state index in [4.69, 9.17) is 4.74 Å². The van der Waals surface area contributed by atoms with Crippen LogP contribution >= 0.6 is 0 Å². The second kappa shape index (κ2) is 5.99. The molecule has 1 aliphatic heterocycles. The molecule has 0 fully saturated rings. The second-order valence-electron chi connectivity index (χ2n) is 5.30. The van der Waals surface area contributed by atoms with Crippen molar-refractivity contribution >= 4 is 10.0 Å². The summed E-state index contributed by atoms with van der Waals surface area (Å²) in [4.78, 5) is 0.0656. The highest BCUT2D eigenvalue weighted by Gasteiger charge is 2.36. The van der Waals surface area contributed by atoms with E-state index in [1.54, 1.807) is 14.0 Å². The van der Waals surface area contributed by atoms with Gasteiger partial charge in [0, 0.05) is 20.2 Å². The zero-order valence-electron chi connectivity index (χ0n) is 12.8. The molecule has 124 valence electrons. The molecule has 0 spiro atoms. The van der Waals surface area contributed by atoms with Gasteiger partial charge in [-0.1, -0.05) is 0 Å². The van der Waals surface area contributed by atoms with E-state index in [1.165, 1.54) is 16.4 Å². The van der Waals surface area contributed by atoms with Gasteiger partial charge in [-0.2, -0.15) is 4.31 Å². The van der Waals surface area contributed by atoms with E-state index in [-0.39, 0.29) is 4.90 Å². The molecule has 9 heteroatoms. The molecule has 0 aliphatic carbocycles. The van der Waals surface area contributed by atoms with E-state index < -0.39 is 21.9 Å². The number of benzene rings is 1. The first kappa shape index (κ1) is 16.0. The maximum atomic E-state index is 13.0. The van der Waals surface area contributed by atoms with Gasteiger partial charge in [0.2, 0.25) is 10.0 Å². The Morgan fingerprint density at radius 1 is 1.26 bits per heavy atom. The van der Waals surface area contributed by atoms with Crippen LogP contribution in [0.4, 0.5) is 4.39 Å². The number of ether oxygens (including phenoxy) is 1. The molecule has 7 nitrogen and oxygen atoms in total. The largest absolute Gasteiger partial charge is 0.377 e. The van der Waals surface area contributed by atoms with E-state index in [9.17, 15) is 12.8 Å². The van der Waals surface area contributed by atoms with Gasteiger partial charge in [-0.3, -0.25) is 0 Å². The summed E-state index contributed by atoms with van der Waals surface area (Å²) in [5.41, 5.74) is 0. The van der Waals surface area contributed by atoms with Crippen LogP contribution < -0.4 is 0 Å². The Kier molecular flexibility index (Phi) is 4.17. The Hall–Kier alpha value is -1.84. The molecule has 1 aliphatic rings. The van der Waals surface area contributed by atoms with Crippen molar-refractivity contribution in [3.8, 4) is 0 Å². The lowest BCUT2D eigenvalue weighted by atomic mass is 10.2. The fraction of sp³-hybridized carbons (Fsp3) is 0.429. The van der Waals surface area contributed by atoms with Crippen LogP contribution in [0.25, 0.3) is 0 Å². The van der Waals surface area contributed by atoms with Gasteiger partial charge >= 0.3 is 0 Å². The predicted octanol–water partition coefficient (Wildman–Crippen LogP) is 1.33. The maximum Gasteiger partial charge on any atom is 0.243 e. The van der Waals surface area contributed by atoms with E-state index in [1.807, 2.05) is 4.57 Å². The Labute approximate surface area is 133 Å². The number of nitrogens with zero attached hydrogens (tertiary/aromatic N) is 4. The molecule has 23 heavy (non-hydrogen) atoms. The number of rotatable bonds is 4. The fourth-order valence-electron chi connectivity index (χ4n) is 2.73. The van der Waals surface area contributed by atoms with Crippen LogP contribution in [0.3, 0.4) is 0 Å².